The molecule has 0 amide bonds. The van der Waals surface area contributed by atoms with Gasteiger partial charge >= 0.3 is 5.97 Å². The van der Waals surface area contributed by atoms with Crippen molar-refractivity contribution in [3.63, 3.8) is 0 Å². The van der Waals surface area contributed by atoms with E-state index in [1.807, 2.05) is 32.0 Å². The van der Waals surface area contributed by atoms with Crippen molar-refractivity contribution in [2.24, 2.45) is 0 Å². The molecule has 2 aromatic rings. The Bertz CT molecular complexity index is 576. The summed E-state index contributed by atoms with van der Waals surface area (Å²) in [5.74, 6) is -0.899. The second-order valence-electron chi connectivity index (χ2n) is 4.23. The lowest BCUT2D eigenvalue weighted by atomic mass is 10.0. The summed E-state index contributed by atoms with van der Waals surface area (Å²) in [4.78, 5) is 15.6. The fraction of sp³-hybridized carbons (Fsp3) is 0.286. The number of pyridine rings is 1. The zero-order chi connectivity index (χ0) is 12.4. The Kier molecular flexibility index (Phi) is 3.09. The van der Waals surface area contributed by atoms with Gasteiger partial charge in [-0.15, -0.1) is 0 Å². The van der Waals surface area contributed by atoms with E-state index in [1.165, 1.54) is 0 Å². The first kappa shape index (κ1) is 11.6. The van der Waals surface area contributed by atoms with Crippen LogP contribution in [0.1, 0.15) is 35.0 Å². The molecule has 0 atom stereocenters. The molecule has 1 aromatic heterocycles. The Morgan fingerprint density at radius 2 is 2.12 bits per heavy atom. The van der Waals surface area contributed by atoms with E-state index in [1.54, 1.807) is 6.07 Å². The molecular formula is C14H15NO2. The third kappa shape index (κ3) is 2.28. The molecule has 0 radical (unpaired) electrons. The minimum Gasteiger partial charge on any atom is -0.478 e. The molecule has 17 heavy (non-hydrogen) atoms. The summed E-state index contributed by atoms with van der Waals surface area (Å²) in [6, 6.07) is 7.62. The minimum absolute atomic E-state index is 0.324. The van der Waals surface area contributed by atoms with Gasteiger partial charge in [0.05, 0.1) is 16.8 Å². The highest BCUT2D eigenvalue weighted by Crippen LogP contribution is 2.19. The van der Waals surface area contributed by atoms with Crippen LogP contribution in [-0.4, -0.2) is 16.1 Å². The number of fused-ring (bicyclic) bond motifs is 1. The average Bonchev–Trinajstić information content (AvgIpc) is 2.28. The summed E-state index contributed by atoms with van der Waals surface area (Å²) >= 11 is 0. The molecule has 0 spiro atoms. The number of benzene rings is 1. The number of carboxylic acid groups (broad SMARTS) is 1. The number of hydrogen-bond acceptors (Lipinski definition) is 2. The van der Waals surface area contributed by atoms with Crippen LogP contribution in [-0.2, 0) is 6.42 Å². The van der Waals surface area contributed by atoms with Crippen molar-refractivity contribution in [2.75, 3.05) is 0 Å². The molecule has 0 aliphatic rings. The Balaban J connectivity index is 2.67. The van der Waals surface area contributed by atoms with Crippen molar-refractivity contribution in [1.82, 2.24) is 4.98 Å². The molecule has 88 valence electrons. The van der Waals surface area contributed by atoms with Gasteiger partial charge in [0.25, 0.3) is 0 Å². The molecule has 3 nitrogen and oxygen atoms in total. The van der Waals surface area contributed by atoms with Crippen molar-refractivity contribution >= 4 is 16.9 Å². The van der Waals surface area contributed by atoms with Gasteiger partial charge in [-0.2, -0.15) is 0 Å². The van der Waals surface area contributed by atoms with Crippen LogP contribution < -0.4 is 0 Å². The van der Waals surface area contributed by atoms with Crippen LogP contribution in [0.15, 0.2) is 24.3 Å². The average molecular weight is 229 g/mol. The highest BCUT2D eigenvalue weighted by Gasteiger charge is 2.12. The lowest BCUT2D eigenvalue weighted by molar-refractivity contribution is 0.0695. The lowest BCUT2D eigenvalue weighted by Gasteiger charge is -2.07. The fourth-order valence-corrected chi connectivity index (χ4v) is 1.95. The summed E-state index contributed by atoms with van der Waals surface area (Å²) in [7, 11) is 0. The van der Waals surface area contributed by atoms with Crippen molar-refractivity contribution in [3.8, 4) is 0 Å². The number of carbonyl (C=O) groups is 1. The van der Waals surface area contributed by atoms with Gasteiger partial charge in [0.2, 0.25) is 0 Å². The molecule has 0 saturated carbocycles. The number of aromatic nitrogens is 1. The fourth-order valence-electron chi connectivity index (χ4n) is 1.95. The zero-order valence-corrected chi connectivity index (χ0v) is 10.0. The molecule has 0 saturated heterocycles. The van der Waals surface area contributed by atoms with E-state index in [-0.39, 0.29) is 0 Å². The molecule has 0 aliphatic heterocycles. The number of rotatable bonds is 3. The first-order valence-electron chi connectivity index (χ1n) is 5.75. The zero-order valence-electron chi connectivity index (χ0n) is 10.0. The summed E-state index contributed by atoms with van der Waals surface area (Å²) in [5.41, 5.74) is 2.98. The predicted octanol–water partition coefficient (Wildman–Crippen LogP) is 3.19. The second kappa shape index (κ2) is 4.53. The van der Waals surface area contributed by atoms with Crippen LogP contribution in [0, 0.1) is 6.92 Å². The van der Waals surface area contributed by atoms with Gasteiger partial charge in [-0.1, -0.05) is 25.0 Å². The number of carboxylic acids is 1. The monoisotopic (exact) mass is 229 g/mol. The molecule has 3 heteroatoms. The summed E-state index contributed by atoms with van der Waals surface area (Å²) in [6.07, 6.45) is 1.59. The maximum Gasteiger partial charge on any atom is 0.337 e. The maximum absolute atomic E-state index is 11.2. The summed E-state index contributed by atoms with van der Waals surface area (Å²) in [6.45, 7) is 4.01. The largest absolute Gasteiger partial charge is 0.478 e. The predicted molar refractivity (Wildman–Crippen MR) is 67.4 cm³/mol. The Morgan fingerprint density at radius 1 is 1.35 bits per heavy atom. The number of aromatic carboxylic acids is 1. The smallest absolute Gasteiger partial charge is 0.337 e. The molecule has 0 fully saturated rings. The molecule has 0 aliphatic carbocycles. The molecule has 2 rings (SSSR count). The van der Waals surface area contributed by atoms with Gasteiger partial charge in [0.15, 0.2) is 0 Å². The summed E-state index contributed by atoms with van der Waals surface area (Å²) < 4.78 is 0. The third-order valence-electron chi connectivity index (χ3n) is 2.77. The van der Waals surface area contributed by atoms with Crippen molar-refractivity contribution in [2.45, 2.75) is 26.7 Å². The van der Waals surface area contributed by atoms with Gasteiger partial charge in [-0.3, -0.25) is 4.98 Å². The normalized spacial score (nSPS) is 10.7. The first-order chi connectivity index (χ1) is 8.11. The number of aryl methyl sites for hydroxylation is 2. The number of nitrogens with zero attached hydrogens (tertiary/aromatic N) is 1. The van der Waals surface area contributed by atoms with Crippen LogP contribution in [0.3, 0.4) is 0 Å². The van der Waals surface area contributed by atoms with E-state index < -0.39 is 5.97 Å². The Hall–Kier alpha value is -1.90. The third-order valence-corrected chi connectivity index (χ3v) is 2.77. The lowest BCUT2D eigenvalue weighted by Crippen LogP contribution is -2.05. The second-order valence-corrected chi connectivity index (χ2v) is 4.23. The van der Waals surface area contributed by atoms with Gasteiger partial charge < -0.3 is 5.11 Å². The molecule has 0 unspecified atom stereocenters. The molecule has 0 bridgehead atoms. The van der Waals surface area contributed by atoms with Gasteiger partial charge in [0, 0.05) is 5.39 Å². The van der Waals surface area contributed by atoms with Gasteiger partial charge in [-0.05, 0) is 31.5 Å². The van der Waals surface area contributed by atoms with E-state index >= 15 is 0 Å². The SMILES string of the molecule is CCCc1nc2ccc(C)cc2cc1C(=O)O. The standard InChI is InChI=1S/C14H15NO2/c1-3-4-13-11(14(16)17)8-10-7-9(2)5-6-12(10)15-13/h5-8H,3-4H2,1-2H3,(H,16,17). The molecule has 1 heterocycles. The highest BCUT2D eigenvalue weighted by molar-refractivity contribution is 5.94. The van der Waals surface area contributed by atoms with Crippen LogP contribution in [0.2, 0.25) is 0 Å². The topological polar surface area (TPSA) is 50.2 Å². The van der Waals surface area contributed by atoms with E-state index in [9.17, 15) is 9.90 Å². The molecule has 1 aromatic carbocycles. The van der Waals surface area contributed by atoms with E-state index in [0.29, 0.717) is 17.7 Å². The minimum atomic E-state index is -0.899. The highest BCUT2D eigenvalue weighted by atomic mass is 16.4. The van der Waals surface area contributed by atoms with E-state index in [0.717, 1.165) is 22.9 Å². The van der Waals surface area contributed by atoms with Crippen molar-refractivity contribution in [1.29, 1.82) is 0 Å². The van der Waals surface area contributed by atoms with Crippen LogP contribution in [0.5, 0.6) is 0 Å². The Labute approximate surface area is 100 Å². The maximum atomic E-state index is 11.2. The summed E-state index contributed by atoms with van der Waals surface area (Å²) in [5, 5.41) is 10.1. The molecular weight excluding hydrogens is 214 g/mol. The van der Waals surface area contributed by atoms with Crippen LogP contribution in [0.25, 0.3) is 10.9 Å². The first-order valence-corrected chi connectivity index (χ1v) is 5.75. The van der Waals surface area contributed by atoms with E-state index in [2.05, 4.69) is 4.98 Å². The van der Waals surface area contributed by atoms with Crippen molar-refractivity contribution < 1.29 is 9.90 Å². The van der Waals surface area contributed by atoms with Crippen LogP contribution >= 0.6 is 0 Å². The van der Waals surface area contributed by atoms with E-state index in [4.69, 9.17) is 0 Å². The van der Waals surface area contributed by atoms with Crippen LogP contribution in [0.4, 0.5) is 0 Å². The molecule has 1 N–H and O–H groups in total. The van der Waals surface area contributed by atoms with Gasteiger partial charge in [0.1, 0.15) is 0 Å². The quantitative estimate of drug-likeness (QED) is 0.879. The Morgan fingerprint density at radius 3 is 2.76 bits per heavy atom. The number of hydrogen-bond donors (Lipinski definition) is 1. The van der Waals surface area contributed by atoms with Gasteiger partial charge in [-0.25, -0.2) is 4.79 Å². The van der Waals surface area contributed by atoms with Crippen molar-refractivity contribution in [3.05, 3.63) is 41.1 Å².